The molecule has 0 amide bonds. The van der Waals surface area contributed by atoms with Crippen molar-refractivity contribution in [1.29, 1.82) is 0 Å². The van der Waals surface area contributed by atoms with Gasteiger partial charge in [-0.05, 0) is 30.9 Å². The lowest BCUT2D eigenvalue weighted by molar-refractivity contribution is 0.559. The summed E-state index contributed by atoms with van der Waals surface area (Å²) >= 11 is 1.61. The van der Waals surface area contributed by atoms with Gasteiger partial charge in [0.2, 0.25) is 0 Å². The maximum atomic E-state index is 12.1. The van der Waals surface area contributed by atoms with Crippen LogP contribution in [0.4, 0.5) is 0 Å². The van der Waals surface area contributed by atoms with Crippen molar-refractivity contribution in [3.63, 3.8) is 0 Å². The predicted octanol–water partition coefficient (Wildman–Crippen LogP) is 2.40. The first-order valence-corrected chi connectivity index (χ1v) is 6.93. The van der Waals surface area contributed by atoms with Gasteiger partial charge in [-0.3, -0.25) is 4.79 Å². The van der Waals surface area contributed by atoms with Crippen molar-refractivity contribution in [1.82, 2.24) is 9.78 Å². The molecule has 18 heavy (non-hydrogen) atoms. The van der Waals surface area contributed by atoms with Crippen LogP contribution in [0.25, 0.3) is 10.6 Å². The van der Waals surface area contributed by atoms with Crippen LogP contribution >= 0.6 is 11.3 Å². The van der Waals surface area contributed by atoms with Crippen molar-refractivity contribution in [2.45, 2.75) is 32.9 Å². The molecular formula is C13H17N3OS. The van der Waals surface area contributed by atoms with E-state index in [4.69, 9.17) is 5.73 Å². The first-order chi connectivity index (χ1) is 8.63. The fraction of sp³-hybridized carbons (Fsp3) is 0.385. The van der Waals surface area contributed by atoms with Gasteiger partial charge in [0.15, 0.2) is 0 Å². The zero-order valence-corrected chi connectivity index (χ0v) is 11.4. The molecule has 0 aliphatic rings. The summed E-state index contributed by atoms with van der Waals surface area (Å²) < 4.78 is 1.52. The first kappa shape index (κ1) is 13.0. The topological polar surface area (TPSA) is 60.9 Å². The normalized spacial score (nSPS) is 12.6. The number of nitrogens with zero attached hydrogens (tertiary/aromatic N) is 2. The molecule has 0 aliphatic heterocycles. The third kappa shape index (κ3) is 2.52. The largest absolute Gasteiger partial charge is 0.324 e. The van der Waals surface area contributed by atoms with Crippen LogP contribution in [0, 0.1) is 0 Å². The Labute approximate surface area is 110 Å². The highest BCUT2D eigenvalue weighted by molar-refractivity contribution is 7.13. The molecule has 96 valence electrons. The Balaban J connectivity index is 2.59. The van der Waals surface area contributed by atoms with Gasteiger partial charge in [-0.2, -0.15) is 5.10 Å². The monoisotopic (exact) mass is 263 g/mol. The van der Waals surface area contributed by atoms with Gasteiger partial charge in [0.1, 0.15) is 5.69 Å². The average molecular weight is 263 g/mol. The summed E-state index contributed by atoms with van der Waals surface area (Å²) in [6.07, 6.45) is 0.874. The van der Waals surface area contributed by atoms with E-state index >= 15 is 0 Å². The van der Waals surface area contributed by atoms with Gasteiger partial charge in [0, 0.05) is 18.2 Å². The lowest BCUT2D eigenvalue weighted by Gasteiger charge is -2.11. The highest BCUT2D eigenvalue weighted by atomic mass is 32.1. The highest BCUT2D eigenvalue weighted by Crippen LogP contribution is 2.23. The molecule has 2 aromatic rings. The van der Waals surface area contributed by atoms with E-state index in [-0.39, 0.29) is 11.6 Å². The van der Waals surface area contributed by atoms with Crippen LogP contribution in [0.15, 0.2) is 28.4 Å². The van der Waals surface area contributed by atoms with E-state index < -0.39 is 0 Å². The predicted molar refractivity (Wildman–Crippen MR) is 74.7 cm³/mol. The van der Waals surface area contributed by atoms with E-state index in [0.29, 0.717) is 12.1 Å². The number of aromatic nitrogens is 2. The molecule has 0 saturated carbocycles. The molecule has 0 saturated heterocycles. The van der Waals surface area contributed by atoms with Crippen molar-refractivity contribution in [2.24, 2.45) is 5.73 Å². The van der Waals surface area contributed by atoms with Gasteiger partial charge in [-0.25, -0.2) is 4.68 Å². The van der Waals surface area contributed by atoms with Crippen molar-refractivity contribution >= 4 is 11.3 Å². The fourth-order valence-corrected chi connectivity index (χ4v) is 2.48. The van der Waals surface area contributed by atoms with Crippen molar-refractivity contribution in [3.05, 3.63) is 39.5 Å². The van der Waals surface area contributed by atoms with E-state index in [9.17, 15) is 4.79 Å². The minimum Gasteiger partial charge on any atom is -0.324 e. The molecule has 2 heterocycles. The van der Waals surface area contributed by atoms with Gasteiger partial charge >= 0.3 is 0 Å². The minimum atomic E-state index is -0.276. The molecule has 2 rings (SSSR count). The van der Waals surface area contributed by atoms with Gasteiger partial charge in [0.05, 0.1) is 4.88 Å². The van der Waals surface area contributed by atoms with Crippen LogP contribution in [0.1, 0.15) is 31.9 Å². The Morgan fingerprint density at radius 2 is 2.33 bits per heavy atom. The van der Waals surface area contributed by atoms with E-state index in [0.717, 1.165) is 17.0 Å². The molecule has 0 radical (unpaired) electrons. The van der Waals surface area contributed by atoms with E-state index in [1.54, 1.807) is 11.3 Å². The van der Waals surface area contributed by atoms with Crippen LogP contribution in [-0.2, 0) is 6.54 Å². The SMILES string of the molecule is CCCn1nc(-c2cccs2)cc(C(C)N)c1=O. The maximum absolute atomic E-state index is 12.1. The average Bonchev–Trinajstić information content (AvgIpc) is 2.85. The van der Waals surface area contributed by atoms with Crippen LogP contribution < -0.4 is 11.3 Å². The second kappa shape index (κ2) is 5.46. The quantitative estimate of drug-likeness (QED) is 0.921. The molecule has 0 bridgehead atoms. The molecule has 0 aliphatic carbocycles. The maximum Gasteiger partial charge on any atom is 0.271 e. The van der Waals surface area contributed by atoms with Crippen LogP contribution in [-0.4, -0.2) is 9.78 Å². The molecule has 0 spiro atoms. The second-order valence-corrected chi connectivity index (χ2v) is 5.23. The number of aryl methyl sites for hydroxylation is 1. The molecule has 0 aromatic carbocycles. The molecule has 0 fully saturated rings. The standard InChI is InChI=1S/C13H17N3OS/c1-3-6-16-13(17)10(9(2)14)8-11(15-16)12-5-4-7-18-12/h4-5,7-9H,3,6,14H2,1-2H3. The smallest absolute Gasteiger partial charge is 0.271 e. The number of hydrogen-bond acceptors (Lipinski definition) is 4. The Morgan fingerprint density at radius 1 is 1.56 bits per heavy atom. The summed E-state index contributed by atoms with van der Waals surface area (Å²) in [5, 5.41) is 6.40. The van der Waals surface area contributed by atoms with E-state index in [1.807, 2.05) is 37.4 Å². The summed E-state index contributed by atoms with van der Waals surface area (Å²) in [5.41, 5.74) is 7.24. The molecule has 5 heteroatoms. The van der Waals surface area contributed by atoms with Crippen LogP contribution in [0.2, 0.25) is 0 Å². The van der Waals surface area contributed by atoms with Gasteiger partial charge < -0.3 is 5.73 Å². The first-order valence-electron chi connectivity index (χ1n) is 6.05. The minimum absolute atomic E-state index is 0.0767. The Kier molecular flexibility index (Phi) is 3.93. The Morgan fingerprint density at radius 3 is 2.89 bits per heavy atom. The Bertz CT molecular complexity index is 572. The molecule has 4 nitrogen and oxygen atoms in total. The summed E-state index contributed by atoms with van der Waals surface area (Å²) in [6.45, 7) is 4.47. The highest BCUT2D eigenvalue weighted by Gasteiger charge is 2.12. The molecule has 2 N–H and O–H groups in total. The summed E-state index contributed by atoms with van der Waals surface area (Å²) in [7, 11) is 0. The third-order valence-electron chi connectivity index (χ3n) is 2.70. The number of thiophene rings is 1. The third-order valence-corrected chi connectivity index (χ3v) is 3.59. The summed E-state index contributed by atoms with van der Waals surface area (Å²) in [6, 6.07) is 5.51. The second-order valence-electron chi connectivity index (χ2n) is 4.28. The summed E-state index contributed by atoms with van der Waals surface area (Å²) in [4.78, 5) is 13.2. The molecule has 2 aromatic heterocycles. The van der Waals surface area contributed by atoms with Gasteiger partial charge in [-0.15, -0.1) is 11.3 Å². The summed E-state index contributed by atoms with van der Waals surface area (Å²) in [5.74, 6) is 0. The van der Waals surface area contributed by atoms with Gasteiger partial charge in [0.25, 0.3) is 5.56 Å². The van der Waals surface area contributed by atoms with Crippen LogP contribution in [0.5, 0.6) is 0 Å². The zero-order chi connectivity index (χ0) is 13.1. The zero-order valence-electron chi connectivity index (χ0n) is 10.6. The molecule has 1 unspecified atom stereocenters. The fourth-order valence-electron chi connectivity index (χ4n) is 1.80. The van der Waals surface area contributed by atoms with Crippen molar-refractivity contribution in [3.8, 4) is 10.6 Å². The van der Waals surface area contributed by atoms with Crippen LogP contribution in [0.3, 0.4) is 0 Å². The van der Waals surface area contributed by atoms with E-state index in [2.05, 4.69) is 5.10 Å². The number of nitrogens with two attached hydrogens (primary N) is 1. The lowest BCUT2D eigenvalue weighted by Crippen LogP contribution is -2.29. The number of rotatable bonds is 4. The van der Waals surface area contributed by atoms with Crippen molar-refractivity contribution in [2.75, 3.05) is 0 Å². The van der Waals surface area contributed by atoms with E-state index in [1.165, 1.54) is 4.68 Å². The molecular weight excluding hydrogens is 246 g/mol. The Hall–Kier alpha value is -1.46. The van der Waals surface area contributed by atoms with Gasteiger partial charge in [-0.1, -0.05) is 13.0 Å². The van der Waals surface area contributed by atoms with Crippen molar-refractivity contribution < 1.29 is 0 Å². The number of hydrogen-bond donors (Lipinski definition) is 1. The lowest BCUT2D eigenvalue weighted by atomic mass is 10.1. The molecule has 1 atom stereocenters.